The highest BCUT2D eigenvalue weighted by Crippen LogP contribution is 2.38. The second-order valence-corrected chi connectivity index (χ2v) is 9.04. The van der Waals surface area contributed by atoms with E-state index in [4.69, 9.17) is 9.47 Å². The lowest BCUT2D eigenvalue weighted by atomic mass is 9.99. The van der Waals surface area contributed by atoms with Crippen LogP contribution in [0, 0.1) is 29.1 Å². The molecule has 0 aliphatic carbocycles. The van der Waals surface area contributed by atoms with Crippen molar-refractivity contribution in [3.63, 3.8) is 0 Å². The Morgan fingerprint density at radius 3 is 1.48 bits per heavy atom. The van der Waals surface area contributed by atoms with Gasteiger partial charge in [0.2, 0.25) is 11.6 Å². The van der Waals surface area contributed by atoms with Crippen LogP contribution in [0.3, 0.4) is 0 Å². The van der Waals surface area contributed by atoms with Gasteiger partial charge in [0.15, 0.2) is 41.3 Å². The van der Waals surface area contributed by atoms with Gasteiger partial charge >= 0.3 is 6.11 Å². The molecule has 4 nitrogen and oxygen atoms in total. The van der Waals surface area contributed by atoms with E-state index in [0.29, 0.717) is 6.07 Å². The lowest BCUT2D eigenvalue weighted by Crippen LogP contribution is -2.33. The van der Waals surface area contributed by atoms with Gasteiger partial charge in [0, 0.05) is 11.1 Å². The fourth-order valence-electron chi connectivity index (χ4n) is 4.19. The standard InChI is InChI=1S/C31H23F9O4/c1-3-41-21-14-13-20(24(27(21)34)30(37)38)43-15-31(39,40)44-23-12-10-19(26(33)29(23)36)17-7-5-16(6-8-17)18-9-11-22(42-4-2)28(35)25(18)32/h5-14,30H,3-4,15H2,1-2H3. The van der Waals surface area contributed by atoms with Crippen molar-refractivity contribution in [3.8, 4) is 45.3 Å². The maximum Gasteiger partial charge on any atom is 0.433 e. The molecular formula is C31H23F9O4. The molecule has 0 amide bonds. The minimum absolute atomic E-state index is 0.0527. The molecular weight excluding hydrogens is 607 g/mol. The summed E-state index contributed by atoms with van der Waals surface area (Å²) in [7, 11) is 0. The van der Waals surface area contributed by atoms with Gasteiger partial charge in [-0.25, -0.2) is 22.0 Å². The molecule has 234 valence electrons. The van der Waals surface area contributed by atoms with Crippen LogP contribution in [0.1, 0.15) is 25.8 Å². The Balaban J connectivity index is 1.51. The van der Waals surface area contributed by atoms with Gasteiger partial charge in [0.25, 0.3) is 6.43 Å². The van der Waals surface area contributed by atoms with Gasteiger partial charge in [0.1, 0.15) is 5.75 Å². The van der Waals surface area contributed by atoms with Crippen molar-refractivity contribution in [3.05, 3.63) is 95.3 Å². The normalized spacial score (nSPS) is 11.5. The third-order valence-corrected chi connectivity index (χ3v) is 6.18. The number of rotatable bonds is 12. The first-order valence-electron chi connectivity index (χ1n) is 13.0. The summed E-state index contributed by atoms with van der Waals surface area (Å²) in [6.45, 7) is 1.39. The second kappa shape index (κ2) is 13.4. The molecule has 4 aromatic carbocycles. The molecule has 0 fully saturated rings. The van der Waals surface area contributed by atoms with E-state index in [9.17, 15) is 39.5 Å². The molecule has 4 rings (SSSR count). The maximum atomic E-state index is 14.9. The highest BCUT2D eigenvalue weighted by Gasteiger charge is 2.36. The third-order valence-electron chi connectivity index (χ3n) is 6.18. The van der Waals surface area contributed by atoms with Gasteiger partial charge in [-0.15, -0.1) is 0 Å². The van der Waals surface area contributed by atoms with E-state index in [1.807, 2.05) is 0 Å². The first-order chi connectivity index (χ1) is 20.9. The van der Waals surface area contributed by atoms with Gasteiger partial charge in [-0.2, -0.15) is 17.6 Å². The van der Waals surface area contributed by atoms with Crippen molar-refractivity contribution in [1.82, 2.24) is 0 Å². The van der Waals surface area contributed by atoms with Crippen molar-refractivity contribution >= 4 is 0 Å². The second-order valence-electron chi connectivity index (χ2n) is 9.04. The summed E-state index contributed by atoms with van der Waals surface area (Å²) >= 11 is 0. The summed E-state index contributed by atoms with van der Waals surface area (Å²) in [4.78, 5) is 0. The van der Waals surface area contributed by atoms with E-state index in [1.165, 1.54) is 43.3 Å². The van der Waals surface area contributed by atoms with Crippen LogP contribution in [0.25, 0.3) is 22.3 Å². The minimum Gasteiger partial charge on any atom is -0.491 e. The Hall–Kier alpha value is -4.55. The van der Waals surface area contributed by atoms with Gasteiger partial charge in [-0.3, -0.25) is 0 Å². The van der Waals surface area contributed by atoms with Gasteiger partial charge in [-0.1, -0.05) is 24.3 Å². The molecule has 0 aromatic heterocycles. The Kier molecular flexibility index (Phi) is 9.85. The van der Waals surface area contributed by atoms with Crippen LogP contribution >= 0.6 is 0 Å². The summed E-state index contributed by atoms with van der Waals surface area (Å²) in [6, 6.07) is 11.1. The first kappa shape index (κ1) is 32.4. The van der Waals surface area contributed by atoms with Gasteiger partial charge in [-0.05, 0) is 61.4 Å². The van der Waals surface area contributed by atoms with E-state index in [0.717, 1.165) is 18.2 Å². The molecule has 0 radical (unpaired) electrons. The predicted octanol–water partition coefficient (Wildman–Crippen LogP) is 9.50. The number of ether oxygens (including phenoxy) is 4. The van der Waals surface area contributed by atoms with E-state index < -0.39 is 71.0 Å². The van der Waals surface area contributed by atoms with Crippen molar-refractivity contribution < 1.29 is 58.5 Å². The zero-order valence-corrected chi connectivity index (χ0v) is 23.0. The first-order valence-corrected chi connectivity index (χ1v) is 13.0. The van der Waals surface area contributed by atoms with E-state index in [-0.39, 0.29) is 41.2 Å². The SMILES string of the molecule is CCOc1ccc(-c2ccc(-c3ccc(OC(F)(F)COc4ccc(OCC)c(F)c4C(F)F)c(F)c3F)cc2)c(F)c1F. The number of hydrogen-bond acceptors (Lipinski definition) is 4. The molecule has 0 saturated heterocycles. The Bertz CT molecular complexity index is 1630. The van der Waals surface area contributed by atoms with Gasteiger partial charge in [0.05, 0.1) is 18.8 Å². The fourth-order valence-corrected chi connectivity index (χ4v) is 4.19. The predicted molar refractivity (Wildman–Crippen MR) is 142 cm³/mol. The molecule has 0 atom stereocenters. The van der Waals surface area contributed by atoms with Crippen molar-refractivity contribution in [2.24, 2.45) is 0 Å². The zero-order valence-electron chi connectivity index (χ0n) is 23.0. The topological polar surface area (TPSA) is 36.9 Å². The largest absolute Gasteiger partial charge is 0.491 e. The average molecular weight is 631 g/mol. The molecule has 0 aliphatic rings. The summed E-state index contributed by atoms with van der Waals surface area (Å²) in [5.41, 5.74) is -1.54. The highest BCUT2D eigenvalue weighted by molar-refractivity contribution is 5.72. The zero-order chi connectivity index (χ0) is 32.2. The Morgan fingerprint density at radius 1 is 0.545 bits per heavy atom. The maximum absolute atomic E-state index is 14.9. The van der Waals surface area contributed by atoms with Crippen LogP contribution in [0.2, 0.25) is 0 Å². The number of benzene rings is 4. The third kappa shape index (κ3) is 6.81. The summed E-state index contributed by atoms with van der Waals surface area (Å²) in [5.74, 6) is -10.2. The van der Waals surface area contributed by atoms with Gasteiger partial charge < -0.3 is 18.9 Å². The fraction of sp³-hybridized carbons (Fsp3) is 0.226. The molecule has 13 heteroatoms. The molecule has 0 heterocycles. The van der Waals surface area contributed by atoms with Crippen LogP contribution in [0.15, 0.2) is 60.7 Å². The van der Waals surface area contributed by atoms with Crippen LogP contribution in [-0.2, 0) is 0 Å². The molecule has 0 bridgehead atoms. The van der Waals surface area contributed by atoms with E-state index >= 15 is 0 Å². The Labute approximate surface area is 245 Å². The minimum atomic E-state index is -4.37. The molecule has 0 unspecified atom stereocenters. The van der Waals surface area contributed by atoms with Crippen molar-refractivity contribution in [1.29, 1.82) is 0 Å². The van der Waals surface area contributed by atoms with Crippen LogP contribution < -0.4 is 18.9 Å². The molecule has 4 aromatic rings. The van der Waals surface area contributed by atoms with Crippen molar-refractivity contribution in [2.45, 2.75) is 26.4 Å². The Morgan fingerprint density at radius 2 is 0.977 bits per heavy atom. The lowest BCUT2D eigenvalue weighted by molar-refractivity contribution is -0.197. The summed E-state index contributed by atoms with van der Waals surface area (Å²) < 4.78 is 148. The average Bonchev–Trinajstić information content (AvgIpc) is 2.98. The summed E-state index contributed by atoms with van der Waals surface area (Å²) in [6.07, 6.45) is -7.82. The lowest BCUT2D eigenvalue weighted by Gasteiger charge is -2.21. The van der Waals surface area contributed by atoms with Crippen molar-refractivity contribution in [2.75, 3.05) is 19.8 Å². The van der Waals surface area contributed by atoms with Crippen LogP contribution in [-0.4, -0.2) is 25.9 Å². The molecule has 0 saturated carbocycles. The van der Waals surface area contributed by atoms with E-state index in [1.54, 1.807) is 6.92 Å². The smallest absolute Gasteiger partial charge is 0.433 e. The van der Waals surface area contributed by atoms with Crippen LogP contribution in [0.5, 0.6) is 23.0 Å². The number of alkyl halides is 4. The number of hydrogen-bond donors (Lipinski definition) is 0. The molecule has 0 aliphatic heterocycles. The van der Waals surface area contributed by atoms with E-state index in [2.05, 4.69) is 9.47 Å². The summed E-state index contributed by atoms with van der Waals surface area (Å²) in [5, 5.41) is 0. The quantitative estimate of drug-likeness (QED) is 0.146. The van der Waals surface area contributed by atoms with Crippen LogP contribution in [0.4, 0.5) is 39.5 Å². The molecule has 0 spiro atoms. The highest BCUT2D eigenvalue weighted by atomic mass is 19.3. The molecule has 44 heavy (non-hydrogen) atoms. The molecule has 0 N–H and O–H groups in total. The monoisotopic (exact) mass is 630 g/mol. The number of halogens is 9.